The standard InChI is InChI=1S/C18H28N4O3/c1-22(2)18(6-10-23-11-7-18)13-20-17(19)21-14-4-5-15-16(12-14)25-9-3-8-24-15/h4-5,12H,3,6-11,13H2,1-2H3,(H3,19,20,21). The van der Waals surface area contributed by atoms with E-state index in [2.05, 4.69) is 29.3 Å². The Bertz CT molecular complexity index is 612. The fraction of sp³-hybridized carbons (Fsp3) is 0.611. The van der Waals surface area contributed by atoms with Crippen LogP contribution in [0.25, 0.3) is 0 Å². The van der Waals surface area contributed by atoms with Crippen molar-refractivity contribution in [1.29, 1.82) is 0 Å². The van der Waals surface area contributed by atoms with E-state index in [1.54, 1.807) is 0 Å². The molecule has 1 aromatic carbocycles. The number of nitrogens with two attached hydrogens (primary N) is 1. The summed E-state index contributed by atoms with van der Waals surface area (Å²) in [5, 5.41) is 3.15. The van der Waals surface area contributed by atoms with Gasteiger partial charge in [0.1, 0.15) is 0 Å². The van der Waals surface area contributed by atoms with Crippen LogP contribution in [0.1, 0.15) is 19.3 Å². The lowest BCUT2D eigenvalue weighted by atomic mass is 9.89. The molecule has 7 nitrogen and oxygen atoms in total. The van der Waals surface area contributed by atoms with Gasteiger partial charge in [-0.15, -0.1) is 0 Å². The number of guanidine groups is 1. The van der Waals surface area contributed by atoms with Crippen LogP contribution in [0, 0.1) is 0 Å². The Morgan fingerprint density at radius 1 is 1.16 bits per heavy atom. The van der Waals surface area contributed by atoms with Crippen LogP contribution in [0.2, 0.25) is 0 Å². The Morgan fingerprint density at radius 3 is 2.60 bits per heavy atom. The van der Waals surface area contributed by atoms with Crippen LogP contribution in [0.5, 0.6) is 11.5 Å². The Kier molecular flexibility index (Phi) is 5.65. The number of nitrogens with one attached hydrogen (secondary N) is 1. The van der Waals surface area contributed by atoms with Crippen molar-refractivity contribution >= 4 is 11.6 Å². The van der Waals surface area contributed by atoms with Gasteiger partial charge in [0, 0.05) is 36.9 Å². The van der Waals surface area contributed by atoms with Gasteiger partial charge in [-0.2, -0.15) is 0 Å². The van der Waals surface area contributed by atoms with Crippen LogP contribution in [0.3, 0.4) is 0 Å². The minimum atomic E-state index is 0.00920. The molecule has 0 aliphatic carbocycles. The molecule has 2 heterocycles. The minimum Gasteiger partial charge on any atom is -0.490 e. The maximum Gasteiger partial charge on any atom is 0.193 e. The van der Waals surface area contributed by atoms with E-state index in [0.717, 1.165) is 49.7 Å². The molecule has 3 N–H and O–H groups in total. The largest absolute Gasteiger partial charge is 0.490 e. The summed E-state index contributed by atoms with van der Waals surface area (Å²) in [6.07, 6.45) is 2.80. The van der Waals surface area contributed by atoms with E-state index < -0.39 is 0 Å². The average molecular weight is 348 g/mol. The van der Waals surface area contributed by atoms with Crippen LogP contribution in [0.4, 0.5) is 5.69 Å². The number of hydrogen-bond acceptors (Lipinski definition) is 5. The van der Waals surface area contributed by atoms with Crippen molar-refractivity contribution in [3.63, 3.8) is 0 Å². The van der Waals surface area contributed by atoms with Crippen LogP contribution >= 0.6 is 0 Å². The van der Waals surface area contributed by atoms with Crippen LogP contribution < -0.4 is 20.5 Å². The summed E-state index contributed by atoms with van der Waals surface area (Å²) in [7, 11) is 4.18. The number of benzene rings is 1. The maximum atomic E-state index is 6.11. The van der Waals surface area contributed by atoms with E-state index in [-0.39, 0.29) is 5.54 Å². The molecule has 0 unspecified atom stereocenters. The van der Waals surface area contributed by atoms with E-state index >= 15 is 0 Å². The number of likely N-dealkylation sites (N-methyl/N-ethyl adjacent to an activating group) is 1. The highest BCUT2D eigenvalue weighted by atomic mass is 16.5. The number of hydrogen-bond donors (Lipinski definition) is 2. The van der Waals surface area contributed by atoms with Crippen molar-refractivity contribution in [2.45, 2.75) is 24.8 Å². The van der Waals surface area contributed by atoms with Gasteiger partial charge in [-0.05, 0) is 39.1 Å². The van der Waals surface area contributed by atoms with Crippen LogP contribution in [0.15, 0.2) is 23.2 Å². The van der Waals surface area contributed by atoms with Crippen molar-refractivity contribution in [3.8, 4) is 11.5 Å². The zero-order valence-electron chi connectivity index (χ0n) is 15.1. The van der Waals surface area contributed by atoms with E-state index in [4.69, 9.17) is 19.9 Å². The van der Waals surface area contributed by atoms with Crippen molar-refractivity contribution in [2.75, 3.05) is 52.4 Å². The molecule has 1 aromatic rings. The minimum absolute atomic E-state index is 0.00920. The van der Waals surface area contributed by atoms with Gasteiger partial charge in [-0.25, -0.2) is 0 Å². The number of aliphatic imine (C=N–C) groups is 1. The number of ether oxygens (including phenoxy) is 3. The molecule has 0 amide bonds. The van der Waals surface area contributed by atoms with Gasteiger partial charge < -0.3 is 30.2 Å². The smallest absolute Gasteiger partial charge is 0.193 e. The predicted molar refractivity (Wildman–Crippen MR) is 98.6 cm³/mol. The first-order chi connectivity index (χ1) is 12.1. The lowest BCUT2D eigenvalue weighted by Gasteiger charge is -2.41. The summed E-state index contributed by atoms with van der Waals surface area (Å²) >= 11 is 0. The molecule has 7 heteroatoms. The monoisotopic (exact) mass is 348 g/mol. The molecule has 138 valence electrons. The summed E-state index contributed by atoms with van der Waals surface area (Å²) in [4.78, 5) is 6.82. The molecule has 2 aliphatic rings. The maximum absolute atomic E-state index is 6.11. The highest BCUT2D eigenvalue weighted by molar-refractivity contribution is 5.92. The molecule has 0 radical (unpaired) electrons. The highest BCUT2D eigenvalue weighted by Gasteiger charge is 2.34. The number of anilines is 1. The van der Waals surface area contributed by atoms with Crippen molar-refractivity contribution in [1.82, 2.24) is 4.90 Å². The zero-order chi connectivity index (χ0) is 17.7. The Labute approximate surface area is 149 Å². The number of rotatable bonds is 4. The summed E-state index contributed by atoms with van der Waals surface area (Å²) < 4.78 is 16.8. The molecule has 0 aromatic heterocycles. The molecule has 3 rings (SSSR count). The summed E-state index contributed by atoms with van der Waals surface area (Å²) in [5.41, 5.74) is 6.96. The van der Waals surface area contributed by atoms with E-state index in [0.29, 0.717) is 25.7 Å². The molecule has 2 aliphatic heterocycles. The van der Waals surface area contributed by atoms with Gasteiger partial charge in [0.05, 0.1) is 19.8 Å². The topological polar surface area (TPSA) is 81.3 Å². The number of fused-ring (bicyclic) bond motifs is 1. The second-order valence-corrected chi connectivity index (χ2v) is 6.77. The Balaban J connectivity index is 1.66. The van der Waals surface area contributed by atoms with Gasteiger partial charge in [0.25, 0.3) is 0 Å². The van der Waals surface area contributed by atoms with Gasteiger partial charge in [0.15, 0.2) is 17.5 Å². The predicted octanol–water partition coefficient (Wildman–Crippen LogP) is 1.69. The summed E-state index contributed by atoms with van der Waals surface area (Å²) in [6.45, 7) is 3.52. The van der Waals surface area contributed by atoms with Gasteiger partial charge in [0.2, 0.25) is 0 Å². The second-order valence-electron chi connectivity index (χ2n) is 6.77. The summed E-state index contributed by atoms with van der Waals surface area (Å²) in [5.74, 6) is 1.92. The molecule has 25 heavy (non-hydrogen) atoms. The van der Waals surface area contributed by atoms with Crippen LogP contribution in [-0.2, 0) is 4.74 Å². The Morgan fingerprint density at radius 2 is 1.88 bits per heavy atom. The molecular formula is C18H28N4O3. The quantitative estimate of drug-likeness (QED) is 0.636. The third kappa shape index (κ3) is 4.35. The molecule has 1 saturated heterocycles. The van der Waals surface area contributed by atoms with E-state index in [9.17, 15) is 0 Å². The first-order valence-corrected chi connectivity index (χ1v) is 8.81. The number of nitrogens with zero attached hydrogens (tertiary/aromatic N) is 2. The second kappa shape index (κ2) is 7.93. The zero-order valence-corrected chi connectivity index (χ0v) is 15.1. The summed E-state index contributed by atoms with van der Waals surface area (Å²) in [6, 6.07) is 5.72. The van der Waals surface area contributed by atoms with Gasteiger partial charge in [-0.1, -0.05) is 0 Å². The highest BCUT2D eigenvalue weighted by Crippen LogP contribution is 2.32. The fourth-order valence-electron chi connectivity index (χ4n) is 3.16. The SMILES string of the molecule is CN(C)C1(CN=C(N)Nc2ccc3c(c2)OCCCO3)CCOCC1. The molecule has 0 spiro atoms. The first kappa shape index (κ1) is 17.8. The van der Waals surface area contributed by atoms with Crippen molar-refractivity contribution in [3.05, 3.63) is 18.2 Å². The van der Waals surface area contributed by atoms with Crippen molar-refractivity contribution in [2.24, 2.45) is 10.7 Å². The lowest BCUT2D eigenvalue weighted by Crippen LogP contribution is -2.51. The third-order valence-electron chi connectivity index (χ3n) is 4.94. The molecular weight excluding hydrogens is 320 g/mol. The van der Waals surface area contributed by atoms with Gasteiger partial charge >= 0.3 is 0 Å². The third-order valence-corrected chi connectivity index (χ3v) is 4.94. The molecule has 1 fully saturated rings. The Hall–Kier alpha value is -1.99. The van der Waals surface area contributed by atoms with Crippen molar-refractivity contribution < 1.29 is 14.2 Å². The fourth-order valence-corrected chi connectivity index (χ4v) is 3.16. The first-order valence-electron chi connectivity index (χ1n) is 8.81. The lowest BCUT2D eigenvalue weighted by molar-refractivity contribution is -0.00249. The molecule has 0 saturated carbocycles. The van der Waals surface area contributed by atoms with E-state index in [1.807, 2.05) is 18.2 Å². The molecule has 0 bridgehead atoms. The van der Waals surface area contributed by atoms with Gasteiger partial charge in [-0.3, -0.25) is 4.99 Å². The molecule has 0 atom stereocenters. The van der Waals surface area contributed by atoms with Crippen LogP contribution in [-0.4, -0.2) is 63.5 Å². The average Bonchev–Trinajstić information content (AvgIpc) is 2.85. The normalized spacial score (nSPS) is 20.2. The van der Waals surface area contributed by atoms with E-state index in [1.165, 1.54) is 0 Å².